The lowest BCUT2D eigenvalue weighted by atomic mass is 9.98. The minimum absolute atomic E-state index is 0.130. The first-order valence-corrected chi connectivity index (χ1v) is 10.5. The van der Waals surface area contributed by atoms with E-state index in [9.17, 15) is 4.79 Å². The first-order valence-electron chi connectivity index (χ1n) is 10.5. The van der Waals surface area contributed by atoms with Crippen molar-refractivity contribution in [1.29, 1.82) is 0 Å². The zero-order chi connectivity index (χ0) is 22.5. The largest absolute Gasteiger partial charge is 0.379 e. The van der Waals surface area contributed by atoms with Gasteiger partial charge >= 0.3 is 0 Å². The van der Waals surface area contributed by atoms with Gasteiger partial charge in [-0.2, -0.15) is 0 Å². The molecule has 1 amide bonds. The number of ether oxygens (including phenoxy) is 7. The molecule has 4 atom stereocenters. The molecule has 0 saturated carbocycles. The van der Waals surface area contributed by atoms with E-state index in [-0.39, 0.29) is 30.3 Å². The van der Waals surface area contributed by atoms with Crippen LogP contribution in [0.4, 0.5) is 0 Å². The molecule has 12 heteroatoms. The molecule has 1 N–H and O–H groups in total. The molecule has 31 heavy (non-hydrogen) atoms. The average molecular weight is 447 g/mol. The number of hydrogen-bond acceptors (Lipinski definition) is 9. The number of nitrogens with one attached hydrogen (secondary N) is 1. The lowest BCUT2D eigenvalue weighted by molar-refractivity contribution is -0.161. The Kier molecular flexibility index (Phi) is 11.5. The first kappa shape index (κ1) is 25.8. The summed E-state index contributed by atoms with van der Waals surface area (Å²) < 4.78 is 39.6. The highest BCUT2D eigenvalue weighted by atomic mass is 16.8. The molecule has 0 aliphatic carbocycles. The summed E-state index contributed by atoms with van der Waals surface area (Å²) in [6, 6.07) is -0.250. The van der Waals surface area contributed by atoms with E-state index in [1.807, 2.05) is 13.8 Å². The second kappa shape index (κ2) is 13.8. The van der Waals surface area contributed by atoms with E-state index in [2.05, 4.69) is 15.3 Å². The zero-order valence-electron chi connectivity index (χ0n) is 18.5. The summed E-state index contributed by atoms with van der Waals surface area (Å²) >= 11 is 0. The van der Waals surface area contributed by atoms with Crippen molar-refractivity contribution >= 4 is 5.91 Å². The average Bonchev–Trinajstić information content (AvgIpc) is 3.05. The van der Waals surface area contributed by atoms with E-state index >= 15 is 0 Å². The molecule has 2 rings (SSSR count). The highest BCUT2D eigenvalue weighted by Gasteiger charge is 2.52. The number of hydrogen-bond donors (Lipinski definition) is 1. The number of rotatable bonds is 15. The van der Waals surface area contributed by atoms with Gasteiger partial charge < -0.3 is 38.5 Å². The predicted octanol–water partition coefficient (Wildman–Crippen LogP) is 0.787. The van der Waals surface area contributed by atoms with Crippen molar-refractivity contribution in [1.82, 2.24) is 5.32 Å². The number of amides is 1. The quantitative estimate of drug-likeness (QED) is 0.168. The Morgan fingerprint density at radius 1 is 1.03 bits per heavy atom. The third-order valence-electron chi connectivity index (χ3n) is 4.60. The molecule has 2 aliphatic heterocycles. The third-order valence-corrected chi connectivity index (χ3v) is 4.60. The molecular weight excluding hydrogens is 412 g/mol. The smallest absolute Gasteiger partial charge is 0.217 e. The number of carbonyl (C=O) groups excluding carboxylic acids is 1. The molecule has 178 valence electrons. The van der Waals surface area contributed by atoms with Crippen LogP contribution in [0, 0.1) is 0 Å². The van der Waals surface area contributed by atoms with Crippen molar-refractivity contribution in [3.8, 4) is 0 Å². The molecule has 0 aromatic carbocycles. The van der Waals surface area contributed by atoms with E-state index < -0.39 is 5.79 Å². The van der Waals surface area contributed by atoms with Crippen molar-refractivity contribution in [3.63, 3.8) is 0 Å². The molecule has 0 aromatic heterocycles. The molecule has 0 radical (unpaired) electrons. The van der Waals surface area contributed by atoms with Gasteiger partial charge in [0.05, 0.1) is 65.5 Å². The van der Waals surface area contributed by atoms with Gasteiger partial charge in [0.1, 0.15) is 18.3 Å². The molecule has 0 aromatic rings. The standard InChI is InChI=1S/C19H34N4O8/c1-14(24)22-15-12-29-16(18-17(15)30-19(2,3)31-18)13-28-11-10-27-9-8-26-7-6-25-5-4-21-23-20/h15-18H,4-13H2,1-3H3,(H,22,24)/t15-,16+,17+,18-/m0/s1. The minimum atomic E-state index is -0.739. The number of carbonyl (C=O) groups is 1. The van der Waals surface area contributed by atoms with Crippen molar-refractivity contribution in [2.45, 2.75) is 50.9 Å². The maximum atomic E-state index is 11.4. The second-order valence-corrected chi connectivity index (χ2v) is 7.61. The molecule has 12 nitrogen and oxygen atoms in total. The van der Waals surface area contributed by atoms with Crippen molar-refractivity contribution < 1.29 is 38.0 Å². The summed E-state index contributed by atoms with van der Waals surface area (Å²) in [6.07, 6.45) is -0.875. The second-order valence-electron chi connectivity index (χ2n) is 7.61. The molecule has 2 heterocycles. The van der Waals surface area contributed by atoms with E-state index in [1.165, 1.54) is 6.92 Å². The Morgan fingerprint density at radius 2 is 1.61 bits per heavy atom. The first-order chi connectivity index (χ1) is 14.9. The number of azide groups is 1. The van der Waals surface area contributed by atoms with Crippen LogP contribution >= 0.6 is 0 Å². The molecule has 0 spiro atoms. The maximum absolute atomic E-state index is 11.4. The molecule has 2 saturated heterocycles. The normalized spacial score (nSPS) is 26.8. The monoisotopic (exact) mass is 446 g/mol. The topological polar surface area (TPSA) is 142 Å². The fourth-order valence-corrected chi connectivity index (χ4v) is 3.37. The van der Waals surface area contributed by atoms with Gasteiger partial charge in [0.15, 0.2) is 5.79 Å². The Bertz CT molecular complexity index is 587. The SMILES string of the molecule is CC(=O)N[C@H]1CO[C@H](COCCOCCOCCOCCN=[N+]=[N-])[C@@H]2OC(C)(C)O[C@@H]21. The van der Waals surface area contributed by atoms with Crippen LogP contribution in [0.2, 0.25) is 0 Å². The Hall–Kier alpha value is -1.50. The molecular formula is C19H34N4O8. The summed E-state index contributed by atoms with van der Waals surface area (Å²) in [7, 11) is 0. The van der Waals surface area contributed by atoms with Crippen LogP contribution in [0.5, 0.6) is 0 Å². The van der Waals surface area contributed by atoms with Crippen LogP contribution in [0.1, 0.15) is 20.8 Å². The molecule has 0 bridgehead atoms. The van der Waals surface area contributed by atoms with Gasteiger partial charge in [-0.3, -0.25) is 4.79 Å². The molecule has 0 unspecified atom stereocenters. The van der Waals surface area contributed by atoms with Gasteiger partial charge in [-0.15, -0.1) is 0 Å². The molecule has 2 aliphatic rings. The van der Waals surface area contributed by atoms with Crippen molar-refractivity contribution in [2.24, 2.45) is 5.11 Å². The van der Waals surface area contributed by atoms with E-state index in [0.29, 0.717) is 66.0 Å². The summed E-state index contributed by atoms with van der Waals surface area (Å²) in [5.41, 5.74) is 8.13. The van der Waals surface area contributed by atoms with Gasteiger partial charge in [-0.1, -0.05) is 5.11 Å². The summed E-state index contributed by atoms with van der Waals surface area (Å²) in [5, 5.41) is 6.23. The fourth-order valence-electron chi connectivity index (χ4n) is 3.37. The fraction of sp³-hybridized carbons (Fsp3) is 0.947. The maximum Gasteiger partial charge on any atom is 0.217 e. The molecule has 2 fully saturated rings. The van der Waals surface area contributed by atoms with Crippen LogP contribution in [-0.2, 0) is 38.0 Å². The van der Waals surface area contributed by atoms with Gasteiger partial charge in [-0.25, -0.2) is 0 Å². The highest BCUT2D eigenvalue weighted by Crippen LogP contribution is 2.35. The van der Waals surface area contributed by atoms with Gasteiger partial charge in [0, 0.05) is 18.4 Å². The van der Waals surface area contributed by atoms with E-state index in [1.54, 1.807) is 0 Å². The Balaban J connectivity index is 1.52. The lowest BCUT2D eigenvalue weighted by Crippen LogP contribution is -2.58. The predicted molar refractivity (Wildman–Crippen MR) is 108 cm³/mol. The summed E-state index contributed by atoms with van der Waals surface area (Å²) in [4.78, 5) is 14.1. The zero-order valence-corrected chi connectivity index (χ0v) is 18.5. The van der Waals surface area contributed by atoms with Crippen LogP contribution in [0.3, 0.4) is 0 Å². The van der Waals surface area contributed by atoms with E-state index in [4.69, 9.17) is 38.7 Å². The Labute approximate surface area is 182 Å². The summed E-state index contributed by atoms with van der Waals surface area (Å²) in [6.45, 7) is 9.22. The van der Waals surface area contributed by atoms with Gasteiger partial charge in [0.2, 0.25) is 5.91 Å². The minimum Gasteiger partial charge on any atom is -0.379 e. The highest BCUT2D eigenvalue weighted by molar-refractivity contribution is 5.73. The van der Waals surface area contributed by atoms with Crippen LogP contribution in [0.15, 0.2) is 5.11 Å². The van der Waals surface area contributed by atoms with Gasteiger partial charge in [-0.05, 0) is 19.4 Å². The van der Waals surface area contributed by atoms with Crippen LogP contribution in [0.25, 0.3) is 10.4 Å². The van der Waals surface area contributed by atoms with Crippen LogP contribution in [-0.4, -0.2) is 102 Å². The number of fused-ring (bicyclic) bond motifs is 1. The van der Waals surface area contributed by atoms with Crippen molar-refractivity contribution in [3.05, 3.63) is 10.4 Å². The van der Waals surface area contributed by atoms with Gasteiger partial charge in [0.25, 0.3) is 0 Å². The Morgan fingerprint density at radius 3 is 2.23 bits per heavy atom. The summed E-state index contributed by atoms with van der Waals surface area (Å²) in [5.74, 6) is -0.870. The third kappa shape index (κ3) is 9.67. The lowest BCUT2D eigenvalue weighted by Gasteiger charge is -2.37. The van der Waals surface area contributed by atoms with E-state index in [0.717, 1.165) is 0 Å². The van der Waals surface area contributed by atoms with Crippen molar-refractivity contribution in [2.75, 3.05) is 66.0 Å². The van der Waals surface area contributed by atoms with Crippen LogP contribution < -0.4 is 5.32 Å². The number of nitrogens with zero attached hydrogens (tertiary/aromatic N) is 3.